The van der Waals surface area contributed by atoms with Crippen molar-refractivity contribution in [1.29, 1.82) is 0 Å². The van der Waals surface area contributed by atoms with Gasteiger partial charge in [-0.25, -0.2) is 0 Å². The second-order valence-corrected chi connectivity index (χ2v) is 10.1. The van der Waals surface area contributed by atoms with Gasteiger partial charge in [-0.05, 0) is 62.1 Å². The summed E-state index contributed by atoms with van der Waals surface area (Å²) in [7, 11) is 0. The lowest BCUT2D eigenvalue weighted by atomic mass is 9.99. The van der Waals surface area contributed by atoms with E-state index >= 15 is 0 Å². The molecule has 3 aromatic rings. The van der Waals surface area contributed by atoms with Crippen molar-refractivity contribution in [3.8, 4) is 0 Å². The molecular formula is C29H32Cl2N2O2. The summed E-state index contributed by atoms with van der Waals surface area (Å²) >= 11 is 12.4. The van der Waals surface area contributed by atoms with E-state index in [2.05, 4.69) is 5.32 Å². The Morgan fingerprint density at radius 2 is 1.60 bits per heavy atom. The van der Waals surface area contributed by atoms with E-state index in [9.17, 15) is 9.59 Å². The van der Waals surface area contributed by atoms with Gasteiger partial charge in [-0.1, -0.05) is 83.4 Å². The molecule has 0 aromatic heterocycles. The van der Waals surface area contributed by atoms with Gasteiger partial charge in [0.15, 0.2) is 0 Å². The predicted octanol–water partition coefficient (Wildman–Crippen LogP) is 6.32. The molecule has 1 N–H and O–H groups in total. The number of nitrogens with one attached hydrogen (secondary N) is 1. The zero-order valence-electron chi connectivity index (χ0n) is 20.6. The Kier molecular flexibility index (Phi) is 9.36. The number of aryl methyl sites for hydroxylation is 2. The first kappa shape index (κ1) is 26.8. The SMILES string of the molecule is Cc1ccc(C)c(CC(=O)N(Cc2ccc(Cl)c(Cl)c2)[C@@H](Cc2ccccc2)C(=O)NC(C)C)c1. The Bertz CT molecular complexity index is 1180. The van der Waals surface area contributed by atoms with Crippen molar-refractivity contribution in [3.63, 3.8) is 0 Å². The summed E-state index contributed by atoms with van der Waals surface area (Å²) in [6, 6.07) is 20.4. The van der Waals surface area contributed by atoms with Crippen LogP contribution in [0, 0.1) is 13.8 Å². The summed E-state index contributed by atoms with van der Waals surface area (Å²) in [5, 5.41) is 3.87. The standard InChI is InChI=1S/C29H32Cl2N2O2/c1-19(2)32-29(35)27(16-22-8-6-5-7-9-22)33(18-23-12-13-25(30)26(31)15-23)28(34)17-24-14-20(3)10-11-21(24)4/h5-15,19,27H,16-18H2,1-4H3,(H,32,35)/t27-/m0/s1. The van der Waals surface area contributed by atoms with E-state index in [4.69, 9.17) is 23.2 Å². The minimum Gasteiger partial charge on any atom is -0.352 e. The van der Waals surface area contributed by atoms with E-state index in [0.29, 0.717) is 16.5 Å². The van der Waals surface area contributed by atoms with Gasteiger partial charge in [0.05, 0.1) is 16.5 Å². The highest BCUT2D eigenvalue weighted by Gasteiger charge is 2.31. The topological polar surface area (TPSA) is 49.4 Å². The molecule has 35 heavy (non-hydrogen) atoms. The maximum Gasteiger partial charge on any atom is 0.243 e. The van der Waals surface area contributed by atoms with Crippen LogP contribution in [-0.2, 0) is 29.0 Å². The van der Waals surface area contributed by atoms with Gasteiger partial charge in [-0.3, -0.25) is 9.59 Å². The lowest BCUT2D eigenvalue weighted by molar-refractivity contribution is -0.141. The molecule has 4 nitrogen and oxygen atoms in total. The number of nitrogens with zero attached hydrogens (tertiary/aromatic N) is 1. The summed E-state index contributed by atoms with van der Waals surface area (Å²) in [4.78, 5) is 29.0. The fourth-order valence-corrected chi connectivity index (χ4v) is 4.35. The van der Waals surface area contributed by atoms with Gasteiger partial charge in [0, 0.05) is 19.0 Å². The molecule has 0 unspecified atom stereocenters. The first-order valence-corrected chi connectivity index (χ1v) is 12.5. The molecule has 0 saturated heterocycles. The van der Waals surface area contributed by atoms with Crippen molar-refractivity contribution in [2.45, 2.75) is 59.2 Å². The van der Waals surface area contributed by atoms with E-state index in [1.54, 1.807) is 17.0 Å². The molecule has 0 radical (unpaired) electrons. The lowest BCUT2D eigenvalue weighted by Crippen LogP contribution is -2.52. The number of carbonyl (C=O) groups excluding carboxylic acids is 2. The Morgan fingerprint density at radius 3 is 2.26 bits per heavy atom. The maximum atomic E-state index is 13.8. The van der Waals surface area contributed by atoms with Gasteiger partial charge in [-0.15, -0.1) is 0 Å². The van der Waals surface area contributed by atoms with Crippen molar-refractivity contribution < 1.29 is 9.59 Å². The zero-order chi connectivity index (χ0) is 25.5. The Balaban J connectivity index is 2.01. The molecule has 0 aliphatic heterocycles. The summed E-state index contributed by atoms with van der Waals surface area (Å²) in [6.07, 6.45) is 0.605. The molecule has 2 amide bonds. The molecule has 0 fully saturated rings. The lowest BCUT2D eigenvalue weighted by Gasteiger charge is -2.32. The smallest absolute Gasteiger partial charge is 0.243 e. The van der Waals surface area contributed by atoms with Crippen molar-refractivity contribution in [2.75, 3.05) is 0 Å². The van der Waals surface area contributed by atoms with Crippen LogP contribution in [0.25, 0.3) is 0 Å². The quantitative estimate of drug-likeness (QED) is 0.366. The minimum absolute atomic E-state index is 0.0540. The molecule has 1 atom stereocenters. The molecule has 3 rings (SSSR count). The van der Waals surface area contributed by atoms with E-state index in [0.717, 1.165) is 27.8 Å². The fraction of sp³-hybridized carbons (Fsp3) is 0.310. The molecule has 0 saturated carbocycles. The van der Waals surface area contributed by atoms with Gasteiger partial charge >= 0.3 is 0 Å². The first-order valence-electron chi connectivity index (χ1n) is 11.8. The second-order valence-electron chi connectivity index (χ2n) is 9.25. The summed E-state index contributed by atoms with van der Waals surface area (Å²) in [5.41, 5.74) is 4.88. The van der Waals surface area contributed by atoms with Gasteiger partial charge in [0.2, 0.25) is 11.8 Å². The summed E-state index contributed by atoms with van der Waals surface area (Å²) in [6.45, 7) is 8.08. The highest BCUT2D eigenvalue weighted by Crippen LogP contribution is 2.25. The molecule has 6 heteroatoms. The third-order valence-electron chi connectivity index (χ3n) is 5.89. The van der Waals surface area contributed by atoms with E-state index in [1.807, 2.05) is 82.3 Å². The van der Waals surface area contributed by atoms with Crippen LogP contribution in [0.15, 0.2) is 66.7 Å². The third-order valence-corrected chi connectivity index (χ3v) is 6.62. The largest absolute Gasteiger partial charge is 0.352 e. The molecule has 0 bridgehead atoms. The summed E-state index contributed by atoms with van der Waals surface area (Å²) < 4.78 is 0. The van der Waals surface area contributed by atoms with Crippen LogP contribution >= 0.6 is 23.2 Å². The van der Waals surface area contributed by atoms with Gasteiger partial charge < -0.3 is 10.2 Å². The van der Waals surface area contributed by atoms with Crippen LogP contribution in [0.4, 0.5) is 0 Å². The zero-order valence-corrected chi connectivity index (χ0v) is 22.2. The number of rotatable bonds is 9. The molecule has 3 aromatic carbocycles. The van der Waals surface area contributed by atoms with Crippen LogP contribution in [0.3, 0.4) is 0 Å². The predicted molar refractivity (Wildman–Crippen MR) is 144 cm³/mol. The minimum atomic E-state index is -0.688. The molecular weight excluding hydrogens is 479 g/mol. The number of benzene rings is 3. The van der Waals surface area contributed by atoms with Gasteiger partial charge in [0.1, 0.15) is 6.04 Å². The monoisotopic (exact) mass is 510 g/mol. The number of halogens is 2. The maximum absolute atomic E-state index is 13.8. The average Bonchev–Trinajstić information content (AvgIpc) is 2.81. The molecule has 0 aliphatic rings. The van der Waals surface area contributed by atoms with Crippen LogP contribution in [-0.4, -0.2) is 28.8 Å². The molecule has 0 aliphatic carbocycles. The van der Waals surface area contributed by atoms with Crippen molar-refractivity contribution in [2.24, 2.45) is 0 Å². The number of hydrogen-bond acceptors (Lipinski definition) is 2. The van der Waals surface area contributed by atoms with Crippen LogP contribution in [0.2, 0.25) is 10.0 Å². The first-order chi connectivity index (χ1) is 16.6. The van der Waals surface area contributed by atoms with Gasteiger partial charge in [-0.2, -0.15) is 0 Å². The Morgan fingerprint density at radius 1 is 0.886 bits per heavy atom. The third kappa shape index (κ3) is 7.58. The number of amides is 2. The van der Waals surface area contributed by atoms with Crippen LogP contribution < -0.4 is 5.32 Å². The van der Waals surface area contributed by atoms with Crippen LogP contribution in [0.1, 0.15) is 41.7 Å². The fourth-order valence-electron chi connectivity index (χ4n) is 4.02. The van der Waals surface area contributed by atoms with Crippen LogP contribution in [0.5, 0.6) is 0 Å². The Hall–Kier alpha value is -2.82. The van der Waals surface area contributed by atoms with E-state index in [-0.39, 0.29) is 30.8 Å². The average molecular weight is 511 g/mol. The van der Waals surface area contributed by atoms with Gasteiger partial charge in [0.25, 0.3) is 0 Å². The normalized spacial score (nSPS) is 11.9. The molecule has 0 spiro atoms. The molecule has 0 heterocycles. The summed E-state index contributed by atoms with van der Waals surface area (Å²) in [5.74, 6) is -0.303. The molecule has 184 valence electrons. The van der Waals surface area contributed by atoms with E-state index < -0.39 is 6.04 Å². The highest BCUT2D eigenvalue weighted by molar-refractivity contribution is 6.42. The van der Waals surface area contributed by atoms with Crippen molar-refractivity contribution in [3.05, 3.63) is 105 Å². The number of hydrogen-bond donors (Lipinski definition) is 1. The Labute approximate surface area is 218 Å². The van der Waals surface area contributed by atoms with Crippen molar-refractivity contribution >= 4 is 35.0 Å². The number of carbonyl (C=O) groups is 2. The highest BCUT2D eigenvalue weighted by atomic mass is 35.5. The van der Waals surface area contributed by atoms with Crippen molar-refractivity contribution in [1.82, 2.24) is 10.2 Å². The second kappa shape index (κ2) is 12.2. The van der Waals surface area contributed by atoms with E-state index in [1.165, 1.54) is 0 Å².